The zero-order valence-electron chi connectivity index (χ0n) is 18.6. The van der Waals surface area contributed by atoms with E-state index in [-0.39, 0.29) is 35.4 Å². The van der Waals surface area contributed by atoms with Crippen LogP contribution in [0.4, 0.5) is 5.69 Å². The smallest absolute Gasteiger partial charge is 0.339 e. The van der Waals surface area contributed by atoms with Gasteiger partial charge in [0.2, 0.25) is 15.9 Å². The first-order chi connectivity index (χ1) is 15.4. The molecule has 0 aromatic heterocycles. The number of hydrogen-bond acceptors (Lipinski definition) is 5. The minimum Gasteiger partial charge on any atom is -0.465 e. The largest absolute Gasteiger partial charge is 0.465 e. The highest BCUT2D eigenvalue weighted by Gasteiger charge is 2.35. The van der Waals surface area contributed by atoms with Crippen LogP contribution < -0.4 is 4.90 Å². The number of rotatable bonds is 8. The Labute approximate surface area is 190 Å². The van der Waals surface area contributed by atoms with Gasteiger partial charge in [-0.15, -0.1) is 0 Å². The van der Waals surface area contributed by atoms with Gasteiger partial charge in [-0.2, -0.15) is 4.31 Å². The van der Waals surface area contributed by atoms with Crippen molar-refractivity contribution in [3.8, 4) is 0 Å². The maximum Gasteiger partial charge on any atom is 0.339 e. The molecule has 2 aromatic carbocycles. The second-order valence-corrected chi connectivity index (χ2v) is 9.75. The second-order valence-electron chi connectivity index (χ2n) is 7.85. The van der Waals surface area contributed by atoms with Crippen LogP contribution in [-0.2, 0) is 19.6 Å². The third-order valence-corrected chi connectivity index (χ3v) is 7.74. The number of ether oxygens (including phenoxy) is 1. The summed E-state index contributed by atoms with van der Waals surface area (Å²) in [7, 11) is -2.65. The third-order valence-electron chi connectivity index (χ3n) is 5.78. The number of unbranched alkanes of at least 4 members (excludes halogenated alkanes) is 1. The van der Waals surface area contributed by atoms with Crippen molar-refractivity contribution in [2.75, 3.05) is 31.6 Å². The Morgan fingerprint density at radius 2 is 1.66 bits per heavy atom. The number of benzene rings is 2. The molecule has 0 atom stereocenters. The lowest BCUT2D eigenvalue weighted by atomic mass is 9.96. The van der Waals surface area contributed by atoms with Crippen molar-refractivity contribution in [2.45, 2.75) is 37.5 Å². The molecule has 0 radical (unpaired) electrons. The van der Waals surface area contributed by atoms with Crippen molar-refractivity contribution >= 4 is 27.6 Å². The van der Waals surface area contributed by atoms with Crippen LogP contribution in [0.5, 0.6) is 0 Å². The lowest BCUT2D eigenvalue weighted by Crippen LogP contribution is -2.45. The summed E-state index contributed by atoms with van der Waals surface area (Å²) >= 11 is 0. The van der Waals surface area contributed by atoms with Gasteiger partial charge in [0, 0.05) is 31.2 Å². The molecule has 1 heterocycles. The Kier molecular flexibility index (Phi) is 8.04. The zero-order chi connectivity index (χ0) is 23.1. The van der Waals surface area contributed by atoms with E-state index in [1.54, 1.807) is 12.1 Å². The van der Waals surface area contributed by atoms with Crippen molar-refractivity contribution in [3.63, 3.8) is 0 Å². The molecule has 1 amide bonds. The summed E-state index contributed by atoms with van der Waals surface area (Å²) in [6.45, 7) is 3.18. The van der Waals surface area contributed by atoms with Crippen LogP contribution in [0.3, 0.4) is 0 Å². The number of nitrogens with zero attached hydrogens (tertiary/aromatic N) is 2. The fourth-order valence-corrected chi connectivity index (χ4v) is 5.61. The van der Waals surface area contributed by atoms with Crippen molar-refractivity contribution in [2.24, 2.45) is 5.92 Å². The summed E-state index contributed by atoms with van der Waals surface area (Å²) in [4.78, 5) is 27.1. The molecule has 0 bridgehead atoms. The van der Waals surface area contributed by atoms with Gasteiger partial charge in [0.15, 0.2) is 0 Å². The number of para-hydroxylation sites is 1. The number of methoxy groups -OCH3 is 1. The molecule has 32 heavy (non-hydrogen) atoms. The van der Waals surface area contributed by atoms with E-state index in [0.717, 1.165) is 18.5 Å². The van der Waals surface area contributed by atoms with Crippen LogP contribution in [0.15, 0.2) is 59.5 Å². The molecule has 0 N–H and O–H groups in total. The number of hydrogen-bond donors (Lipinski definition) is 0. The topological polar surface area (TPSA) is 84.0 Å². The highest BCUT2D eigenvalue weighted by atomic mass is 32.2. The molecule has 3 rings (SSSR count). The van der Waals surface area contributed by atoms with E-state index in [4.69, 9.17) is 4.74 Å². The quantitative estimate of drug-likeness (QED) is 0.563. The van der Waals surface area contributed by atoms with Crippen molar-refractivity contribution in [1.29, 1.82) is 0 Å². The Bertz CT molecular complexity index is 1030. The van der Waals surface area contributed by atoms with E-state index in [0.29, 0.717) is 19.4 Å². The van der Waals surface area contributed by atoms with Crippen LogP contribution in [0.1, 0.15) is 43.0 Å². The minimum atomic E-state index is -3.88. The van der Waals surface area contributed by atoms with Gasteiger partial charge in [0.05, 0.1) is 17.6 Å². The van der Waals surface area contributed by atoms with Crippen LogP contribution in [0, 0.1) is 5.92 Å². The molecule has 7 nitrogen and oxygen atoms in total. The molecule has 8 heteroatoms. The number of carbonyl (C=O) groups excluding carboxylic acids is 2. The van der Waals surface area contributed by atoms with Gasteiger partial charge in [-0.05, 0) is 43.5 Å². The number of sulfonamides is 1. The number of carbonyl (C=O) groups is 2. The normalized spacial score (nSPS) is 15.3. The maximum absolute atomic E-state index is 13.3. The first-order valence-corrected chi connectivity index (χ1v) is 12.4. The van der Waals surface area contributed by atoms with Crippen molar-refractivity contribution in [1.82, 2.24) is 4.31 Å². The SMILES string of the molecule is CCCCN(C(=O)C1CCN(S(=O)(=O)c2ccccc2C(=O)OC)CC1)c1ccccc1. The summed E-state index contributed by atoms with van der Waals surface area (Å²) in [6.07, 6.45) is 2.76. The molecular formula is C24H30N2O5S. The molecule has 1 saturated heterocycles. The Balaban J connectivity index is 1.74. The Hall–Kier alpha value is -2.71. The van der Waals surface area contributed by atoms with Gasteiger partial charge in [0.25, 0.3) is 0 Å². The summed E-state index contributed by atoms with van der Waals surface area (Å²) in [5, 5.41) is 0. The van der Waals surface area contributed by atoms with E-state index < -0.39 is 16.0 Å². The van der Waals surface area contributed by atoms with E-state index in [9.17, 15) is 18.0 Å². The van der Waals surface area contributed by atoms with Crippen LogP contribution in [-0.4, -0.2) is 51.3 Å². The maximum atomic E-state index is 13.3. The summed E-state index contributed by atoms with van der Waals surface area (Å²) in [5.74, 6) is -0.894. The predicted octanol–water partition coefficient (Wildman–Crippen LogP) is 3.71. The number of anilines is 1. The van der Waals surface area contributed by atoms with Gasteiger partial charge in [0.1, 0.15) is 0 Å². The zero-order valence-corrected chi connectivity index (χ0v) is 19.4. The summed E-state index contributed by atoms with van der Waals surface area (Å²) in [6, 6.07) is 15.6. The fraction of sp³-hybridized carbons (Fsp3) is 0.417. The number of piperidine rings is 1. The molecular weight excluding hydrogens is 428 g/mol. The standard InChI is InChI=1S/C24H30N2O5S/c1-3-4-16-26(20-10-6-5-7-11-20)23(27)19-14-17-25(18-15-19)32(29,30)22-13-9-8-12-21(22)24(28)31-2/h5-13,19H,3-4,14-18H2,1-2H3. The first-order valence-electron chi connectivity index (χ1n) is 10.9. The van der Waals surface area contributed by atoms with Crippen LogP contribution in [0.2, 0.25) is 0 Å². The van der Waals surface area contributed by atoms with E-state index in [1.165, 1.54) is 23.5 Å². The second kappa shape index (κ2) is 10.7. The lowest BCUT2D eigenvalue weighted by Gasteiger charge is -2.34. The number of esters is 1. The molecule has 0 unspecified atom stereocenters. The highest BCUT2D eigenvalue weighted by molar-refractivity contribution is 7.89. The third kappa shape index (κ3) is 5.19. The molecule has 2 aromatic rings. The van der Waals surface area contributed by atoms with E-state index in [2.05, 4.69) is 6.92 Å². The van der Waals surface area contributed by atoms with Crippen molar-refractivity contribution < 1.29 is 22.7 Å². The van der Waals surface area contributed by atoms with Crippen LogP contribution in [0.25, 0.3) is 0 Å². The summed E-state index contributed by atoms with van der Waals surface area (Å²) in [5.41, 5.74) is 0.885. The average Bonchev–Trinajstić information content (AvgIpc) is 2.84. The number of amides is 1. The molecule has 1 fully saturated rings. The first kappa shape index (κ1) is 23.9. The van der Waals surface area contributed by atoms with Crippen molar-refractivity contribution in [3.05, 3.63) is 60.2 Å². The lowest BCUT2D eigenvalue weighted by molar-refractivity contribution is -0.123. The highest BCUT2D eigenvalue weighted by Crippen LogP contribution is 2.28. The van der Waals surface area contributed by atoms with Gasteiger partial charge < -0.3 is 9.64 Å². The van der Waals surface area contributed by atoms with Gasteiger partial charge in [-0.25, -0.2) is 13.2 Å². The fourth-order valence-electron chi connectivity index (χ4n) is 3.96. The van der Waals surface area contributed by atoms with Gasteiger partial charge in [-0.3, -0.25) is 4.79 Å². The molecule has 0 aliphatic carbocycles. The molecule has 0 saturated carbocycles. The monoisotopic (exact) mass is 458 g/mol. The molecule has 172 valence electrons. The van der Waals surface area contributed by atoms with Gasteiger partial charge >= 0.3 is 5.97 Å². The predicted molar refractivity (Wildman–Crippen MR) is 123 cm³/mol. The Morgan fingerprint density at radius 1 is 1.03 bits per heavy atom. The van der Waals surface area contributed by atoms with E-state index >= 15 is 0 Å². The molecule has 0 spiro atoms. The average molecular weight is 459 g/mol. The molecule has 1 aliphatic heterocycles. The Morgan fingerprint density at radius 3 is 2.28 bits per heavy atom. The van der Waals surface area contributed by atoms with E-state index in [1.807, 2.05) is 35.2 Å². The minimum absolute atomic E-state index is 0.0167. The summed E-state index contributed by atoms with van der Waals surface area (Å²) < 4.78 is 32.5. The van der Waals surface area contributed by atoms with Gasteiger partial charge in [-0.1, -0.05) is 43.7 Å². The molecule has 1 aliphatic rings. The van der Waals surface area contributed by atoms with Crippen LogP contribution >= 0.6 is 0 Å².